The number of sulfone groups is 1. The second kappa shape index (κ2) is 7.04. The van der Waals surface area contributed by atoms with E-state index in [9.17, 15) is 17.6 Å². The summed E-state index contributed by atoms with van der Waals surface area (Å²) in [5.74, 6) is -1.92. The minimum absolute atomic E-state index is 0.0297. The third-order valence-corrected chi connectivity index (χ3v) is 3.34. The van der Waals surface area contributed by atoms with E-state index in [1.807, 2.05) is 0 Å². The van der Waals surface area contributed by atoms with Gasteiger partial charge in [0.1, 0.15) is 9.84 Å². The third-order valence-electron chi connectivity index (χ3n) is 2.31. The van der Waals surface area contributed by atoms with E-state index < -0.39 is 21.6 Å². The fourth-order valence-electron chi connectivity index (χ4n) is 1.47. The number of halogens is 1. The van der Waals surface area contributed by atoms with Crippen LogP contribution in [-0.4, -0.2) is 38.1 Å². The summed E-state index contributed by atoms with van der Waals surface area (Å²) in [4.78, 5) is 10.5. The van der Waals surface area contributed by atoms with Gasteiger partial charge in [0.05, 0.1) is 12.4 Å². The van der Waals surface area contributed by atoms with Gasteiger partial charge in [-0.25, -0.2) is 17.6 Å². The van der Waals surface area contributed by atoms with Crippen molar-refractivity contribution in [2.45, 2.75) is 6.42 Å². The normalized spacial score (nSPS) is 11.7. The Morgan fingerprint density at radius 1 is 1.45 bits per heavy atom. The van der Waals surface area contributed by atoms with E-state index in [1.165, 1.54) is 24.3 Å². The molecule has 0 unspecified atom stereocenters. The van der Waals surface area contributed by atoms with Gasteiger partial charge in [0.2, 0.25) is 0 Å². The fourth-order valence-corrected chi connectivity index (χ4v) is 2.11. The van der Waals surface area contributed by atoms with Crippen LogP contribution in [-0.2, 0) is 14.6 Å². The molecule has 1 aromatic rings. The summed E-state index contributed by atoms with van der Waals surface area (Å²) in [6.45, 7) is 0.0297. The minimum atomic E-state index is -3.09. The van der Waals surface area contributed by atoms with Gasteiger partial charge >= 0.3 is 5.97 Å². The van der Waals surface area contributed by atoms with Crippen molar-refractivity contribution in [2.75, 3.05) is 18.6 Å². The van der Waals surface area contributed by atoms with Crippen LogP contribution in [0.3, 0.4) is 0 Å². The molecule has 1 N–H and O–H groups in total. The van der Waals surface area contributed by atoms with Crippen molar-refractivity contribution < 1.29 is 27.4 Å². The largest absolute Gasteiger partial charge is 0.490 e. The van der Waals surface area contributed by atoms with Gasteiger partial charge in [0.15, 0.2) is 11.6 Å². The van der Waals surface area contributed by atoms with Gasteiger partial charge in [0, 0.05) is 17.9 Å². The molecule has 0 aromatic heterocycles. The first-order chi connectivity index (χ1) is 9.29. The van der Waals surface area contributed by atoms with E-state index in [1.54, 1.807) is 0 Å². The van der Waals surface area contributed by atoms with Crippen LogP contribution in [0.4, 0.5) is 4.39 Å². The number of ether oxygens (including phenoxy) is 1. The number of hydrogen-bond donors (Lipinski definition) is 1. The number of rotatable bonds is 7. The average Bonchev–Trinajstić information content (AvgIpc) is 2.32. The second-order valence-electron chi connectivity index (χ2n) is 4.16. The highest BCUT2D eigenvalue weighted by atomic mass is 32.2. The van der Waals surface area contributed by atoms with Crippen LogP contribution in [0.15, 0.2) is 24.3 Å². The Kier molecular flexibility index (Phi) is 5.69. The van der Waals surface area contributed by atoms with E-state index in [0.29, 0.717) is 0 Å². The number of carboxylic acid groups (broad SMARTS) is 1. The highest BCUT2D eigenvalue weighted by Gasteiger charge is 2.09. The molecule has 1 rings (SSSR count). The Bertz CT molecular complexity index is 607. The predicted molar refractivity (Wildman–Crippen MR) is 72.9 cm³/mol. The van der Waals surface area contributed by atoms with Crippen LogP contribution in [0.25, 0.3) is 6.08 Å². The number of aliphatic carboxylic acids is 1. The van der Waals surface area contributed by atoms with E-state index in [0.717, 1.165) is 12.3 Å². The molecule has 20 heavy (non-hydrogen) atoms. The van der Waals surface area contributed by atoms with Gasteiger partial charge in [-0.15, -0.1) is 0 Å². The van der Waals surface area contributed by atoms with E-state index in [-0.39, 0.29) is 30.1 Å². The van der Waals surface area contributed by atoms with Crippen LogP contribution in [0.2, 0.25) is 0 Å². The Hall–Kier alpha value is -1.89. The molecule has 0 amide bonds. The van der Waals surface area contributed by atoms with E-state index >= 15 is 0 Å². The molecule has 0 atom stereocenters. The minimum Gasteiger partial charge on any atom is -0.490 e. The van der Waals surface area contributed by atoms with Crippen molar-refractivity contribution in [1.29, 1.82) is 0 Å². The zero-order valence-electron chi connectivity index (χ0n) is 10.9. The molecule has 5 nitrogen and oxygen atoms in total. The van der Waals surface area contributed by atoms with Crippen molar-refractivity contribution in [1.82, 2.24) is 0 Å². The monoisotopic (exact) mass is 302 g/mol. The number of carbonyl (C=O) groups is 1. The van der Waals surface area contributed by atoms with Gasteiger partial charge in [-0.2, -0.15) is 0 Å². The van der Waals surface area contributed by atoms with Gasteiger partial charge < -0.3 is 9.84 Å². The highest BCUT2D eigenvalue weighted by molar-refractivity contribution is 7.90. The number of hydrogen-bond acceptors (Lipinski definition) is 4. The number of carboxylic acids is 1. The summed E-state index contributed by atoms with van der Waals surface area (Å²) in [6.07, 6.45) is 3.43. The molecular weight excluding hydrogens is 287 g/mol. The van der Waals surface area contributed by atoms with Gasteiger partial charge in [-0.1, -0.05) is 12.1 Å². The second-order valence-corrected chi connectivity index (χ2v) is 6.42. The summed E-state index contributed by atoms with van der Waals surface area (Å²) in [5, 5.41) is 8.55. The van der Waals surface area contributed by atoms with Crippen LogP contribution < -0.4 is 4.74 Å². The zero-order valence-corrected chi connectivity index (χ0v) is 11.7. The van der Waals surface area contributed by atoms with Crippen molar-refractivity contribution in [3.63, 3.8) is 0 Å². The average molecular weight is 302 g/mol. The van der Waals surface area contributed by atoms with Crippen molar-refractivity contribution in [3.05, 3.63) is 35.7 Å². The van der Waals surface area contributed by atoms with Gasteiger partial charge in [0.25, 0.3) is 0 Å². The topological polar surface area (TPSA) is 80.7 Å². The van der Waals surface area contributed by atoms with Crippen LogP contribution >= 0.6 is 0 Å². The molecule has 0 aliphatic carbocycles. The number of benzene rings is 1. The molecule has 0 aliphatic rings. The molecule has 0 heterocycles. The van der Waals surface area contributed by atoms with E-state index in [4.69, 9.17) is 9.84 Å². The lowest BCUT2D eigenvalue weighted by molar-refractivity contribution is -0.131. The molecule has 0 saturated heterocycles. The summed E-state index contributed by atoms with van der Waals surface area (Å²) < 4.78 is 40.7. The molecule has 1 aromatic carbocycles. The predicted octanol–water partition coefficient (Wildman–Crippen LogP) is 1.74. The maximum Gasteiger partial charge on any atom is 0.328 e. The standard InChI is InChI=1S/C13H15FO5S/c1-20(17,18)9-3-8-19-13-10(6-7-12(15)16)4-2-5-11(13)14/h2,4-7H,3,8-9H2,1H3,(H,15,16)/b7-6+. The molecule has 0 saturated carbocycles. The Balaban J connectivity index is 2.75. The first kappa shape index (κ1) is 16.2. The lowest BCUT2D eigenvalue weighted by atomic mass is 10.2. The molecule has 0 spiro atoms. The SMILES string of the molecule is CS(=O)(=O)CCCOc1c(F)cccc1/C=C/C(=O)O. The van der Waals surface area contributed by atoms with Crippen molar-refractivity contribution >= 4 is 21.9 Å². The molecule has 0 aliphatic heterocycles. The third kappa shape index (κ3) is 5.83. The van der Waals surface area contributed by atoms with Crippen molar-refractivity contribution in [2.24, 2.45) is 0 Å². The summed E-state index contributed by atoms with van der Waals surface area (Å²) in [5.41, 5.74) is 0.284. The molecule has 0 fully saturated rings. The van der Waals surface area contributed by atoms with Gasteiger partial charge in [-0.3, -0.25) is 0 Å². The lowest BCUT2D eigenvalue weighted by Crippen LogP contribution is -2.09. The molecule has 7 heteroatoms. The van der Waals surface area contributed by atoms with E-state index in [2.05, 4.69) is 0 Å². The Morgan fingerprint density at radius 2 is 2.15 bits per heavy atom. The summed E-state index contributed by atoms with van der Waals surface area (Å²) in [6, 6.07) is 4.12. The highest BCUT2D eigenvalue weighted by Crippen LogP contribution is 2.24. The summed E-state index contributed by atoms with van der Waals surface area (Å²) in [7, 11) is -3.09. The summed E-state index contributed by atoms with van der Waals surface area (Å²) >= 11 is 0. The van der Waals surface area contributed by atoms with Crippen LogP contribution in [0.1, 0.15) is 12.0 Å². The molecule has 0 radical (unpaired) electrons. The Labute approximate surface area is 116 Å². The van der Waals surface area contributed by atoms with Gasteiger partial charge in [-0.05, 0) is 18.6 Å². The maximum absolute atomic E-state index is 13.6. The zero-order chi connectivity index (χ0) is 15.2. The van der Waals surface area contributed by atoms with Crippen molar-refractivity contribution in [3.8, 4) is 5.75 Å². The quantitative estimate of drug-likeness (QED) is 0.613. The smallest absolute Gasteiger partial charge is 0.328 e. The molecular formula is C13H15FO5S. The van der Waals surface area contributed by atoms with Crippen LogP contribution in [0.5, 0.6) is 5.75 Å². The fraction of sp³-hybridized carbons (Fsp3) is 0.308. The van der Waals surface area contributed by atoms with Crippen LogP contribution in [0, 0.1) is 5.82 Å². The first-order valence-electron chi connectivity index (χ1n) is 5.79. The number of para-hydroxylation sites is 1. The molecule has 0 bridgehead atoms. The first-order valence-corrected chi connectivity index (χ1v) is 7.85. The Morgan fingerprint density at radius 3 is 2.75 bits per heavy atom. The lowest BCUT2D eigenvalue weighted by Gasteiger charge is -2.09. The molecule has 110 valence electrons. The maximum atomic E-state index is 13.6.